The average Bonchev–Trinajstić information content (AvgIpc) is 2.14. The van der Waals surface area contributed by atoms with E-state index in [9.17, 15) is 0 Å². The maximum Gasteiger partial charge on any atom is 0.124 e. The summed E-state index contributed by atoms with van der Waals surface area (Å²) in [6, 6.07) is 7.76. The summed E-state index contributed by atoms with van der Waals surface area (Å²) >= 11 is 12.5. The molecule has 0 aromatic heterocycles. The van der Waals surface area contributed by atoms with Crippen LogP contribution in [-0.4, -0.2) is 11.0 Å². The molecule has 0 fully saturated rings. The first kappa shape index (κ1) is 10.1. The van der Waals surface area contributed by atoms with E-state index in [1.54, 1.807) is 0 Å². The first-order valence-electron chi connectivity index (χ1n) is 4.58. The Morgan fingerprint density at radius 1 is 1.21 bits per heavy atom. The lowest BCUT2D eigenvalue weighted by atomic mass is 9.93. The Hall–Kier alpha value is -0.400. The highest BCUT2D eigenvalue weighted by Gasteiger charge is 2.41. The molecule has 0 amide bonds. The fourth-order valence-electron chi connectivity index (χ4n) is 1.65. The largest absolute Gasteiger partial charge is 0.486 e. The predicted molar refractivity (Wildman–Crippen MR) is 59.4 cm³/mol. The van der Waals surface area contributed by atoms with Crippen LogP contribution >= 0.6 is 23.2 Å². The highest BCUT2D eigenvalue weighted by atomic mass is 35.5. The SMILES string of the molecule is CC1(C)Oc2ccccc2[C@H](Cl)[C@@H]1Cl. The number of fused-ring (bicyclic) bond motifs is 1. The molecule has 0 unspecified atom stereocenters. The Morgan fingerprint density at radius 2 is 1.86 bits per heavy atom. The van der Waals surface area contributed by atoms with Crippen LogP contribution in [0.5, 0.6) is 5.75 Å². The molecule has 0 bridgehead atoms. The molecule has 14 heavy (non-hydrogen) atoms. The summed E-state index contributed by atoms with van der Waals surface area (Å²) in [5.74, 6) is 0.842. The van der Waals surface area contributed by atoms with Crippen LogP contribution in [0.3, 0.4) is 0 Å². The monoisotopic (exact) mass is 230 g/mol. The molecule has 1 aromatic carbocycles. The lowest BCUT2D eigenvalue weighted by Crippen LogP contribution is -2.44. The highest BCUT2D eigenvalue weighted by molar-refractivity contribution is 6.30. The van der Waals surface area contributed by atoms with Gasteiger partial charge in [0, 0.05) is 5.56 Å². The summed E-state index contributed by atoms with van der Waals surface area (Å²) in [6.07, 6.45) is 0. The molecule has 1 aliphatic rings. The molecule has 0 saturated carbocycles. The molecule has 3 heteroatoms. The summed E-state index contributed by atoms with van der Waals surface area (Å²) in [4.78, 5) is 0. The van der Waals surface area contributed by atoms with Crippen LogP contribution in [0.25, 0.3) is 0 Å². The molecule has 2 rings (SSSR count). The van der Waals surface area contributed by atoms with Gasteiger partial charge in [-0.2, -0.15) is 0 Å². The van der Waals surface area contributed by atoms with Crippen LogP contribution in [0.15, 0.2) is 24.3 Å². The zero-order chi connectivity index (χ0) is 10.3. The van der Waals surface area contributed by atoms with Crippen molar-refractivity contribution in [3.63, 3.8) is 0 Å². The Balaban J connectivity index is 2.48. The standard InChI is InChI=1S/C11H12Cl2O/c1-11(2)10(13)9(12)7-5-3-4-6-8(7)14-11/h3-6,9-10H,1-2H3/t9-,10-/m0/s1. The molecular weight excluding hydrogens is 219 g/mol. The average molecular weight is 231 g/mol. The minimum Gasteiger partial charge on any atom is -0.486 e. The van der Waals surface area contributed by atoms with Gasteiger partial charge in [0.15, 0.2) is 0 Å². The molecule has 0 saturated heterocycles. The van der Waals surface area contributed by atoms with E-state index in [-0.39, 0.29) is 10.8 Å². The normalized spacial score (nSPS) is 29.1. The molecule has 1 aliphatic heterocycles. The van der Waals surface area contributed by atoms with Gasteiger partial charge in [0.2, 0.25) is 0 Å². The van der Waals surface area contributed by atoms with Gasteiger partial charge in [-0.1, -0.05) is 18.2 Å². The van der Waals surface area contributed by atoms with Crippen molar-refractivity contribution >= 4 is 23.2 Å². The molecule has 0 aliphatic carbocycles. The Morgan fingerprint density at radius 3 is 2.57 bits per heavy atom. The van der Waals surface area contributed by atoms with Crippen LogP contribution < -0.4 is 4.74 Å². The highest BCUT2D eigenvalue weighted by Crippen LogP contribution is 2.45. The van der Waals surface area contributed by atoms with Gasteiger partial charge in [-0.3, -0.25) is 0 Å². The number of rotatable bonds is 0. The lowest BCUT2D eigenvalue weighted by Gasteiger charge is -2.39. The van der Waals surface area contributed by atoms with Gasteiger partial charge in [0.25, 0.3) is 0 Å². The zero-order valence-corrected chi connectivity index (χ0v) is 9.64. The molecule has 0 N–H and O–H groups in total. The van der Waals surface area contributed by atoms with Crippen molar-refractivity contribution < 1.29 is 4.74 Å². The molecule has 76 valence electrons. The van der Waals surface area contributed by atoms with Crippen molar-refractivity contribution in [2.24, 2.45) is 0 Å². The minimum atomic E-state index is -0.414. The van der Waals surface area contributed by atoms with Gasteiger partial charge in [0.05, 0.1) is 10.8 Å². The number of benzene rings is 1. The van der Waals surface area contributed by atoms with Gasteiger partial charge < -0.3 is 4.74 Å². The second-order valence-corrected chi connectivity index (χ2v) is 4.99. The minimum absolute atomic E-state index is 0.184. The van der Waals surface area contributed by atoms with Crippen LogP contribution in [0.1, 0.15) is 24.8 Å². The Kier molecular flexibility index (Phi) is 2.40. The van der Waals surface area contributed by atoms with E-state index in [1.165, 1.54) is 0 Å². The van der Waals surface area contributed by atoms with E-state index in [1.807, 2.05) is 38.1 Å². The van der Waals surface area contributed by atoms with E-state index >= 15 is 0 Å². The van der Waals surface area contributed by atoms with E-state index in [2.05, 4.69) is 0 Å². The number of para-hydroxylation sites is 1. The van der Waals surface area contributed by atoms with Crippen molar-refractivity contribution in [3.05, 3.63) is 29.8 Å². The molecule has 0 spiro atoms. The van der Waals surface area contributed by atoms with Crippen molar-refractivity contribution in [3.8, 4) is 5.75 Å². The third kappa shape index (κ3) is 1.49. The van der Waals surface area contributed by atoms with Gasteiger partial charge in [0.1, 0.15) is 11.4 Å². The second-order valence-electron chi connectivity index (χ2n) is 4.05. The number of alkyl halides is 2. The number of halogens is 2. The molecule has 0 radical (unpaired) electrons. The van der Waals surface area contributed by atoms with Crippen molar-refractivity contribution in [2.75, 3.05) is 0 Å². The predicted octanol–water partition coefficient (Wildman–Crippen LogP) is 3.74. The Labute approximate surface area is 94.0 Å². The molecule has 2 atom stereocenters. The van der Waals surface area contributed by atoms with Crippen molar-refractivity contribution in [2.45, 2.75) is 30.2 Å². The quantitative estimate of drug-likeness (QED) is 0.618. The maximum atomic E-state index is 6.27. The van der Waals surface area contributed by atoms with Crippen LogP contribution in [0.4, 0.5) is 0 Å². The zero-order valence-electron chi connectivity index (χ0n) is 8.13. The van der Waals surface area contributed by atoms with Gasteiger partial charge in [-0.15, -0.1) is 23.2 Å². The summed E-state index contributed by atoms with van der Waals surface area (Å²) in [7, 11) is 0. The third-order valence-electron chi connectivity index (χ3n) is 2.51. The first-order chi connectivity index (χ1) is 6.52. The number of hydrogen-bond acceptors (Lipinski definition) is 1. The van der Waals surface area contributed by atoms with Crippen molar-refractivity contribution in [1.82, 2.24) is 0 Å². The summed E-state index contributed by atoms with van der Waals surface area (Å²) in [5, 5.41) is -0.393. The van der Waals surface area contributed by atoms with E-state index in [0.717, 1.165) is 11.3 Å². The molecular formula is C11H12Cl2O. The van der Waals surface area contributed by atoms with E-state index in [0.29, 0.717) is 0 Å². The van der Waals surface area contributed by atoms with Gasteiger partial charge >= 0.3 is 0 Å². The van der Waals surface area contributed by atoms with Crippen LogP contribution in [0.2, 0.25) is 0 Å². The Bertz CT molecular complexity index is 349. The summed E-state index contributed by atoms with van der Waals surface area (Å²) in [5.41, 5.74) is 0.566. The van der Waals surface area contributed by atoms with E-state index in [4.69, 9.17) is 27.9 Å². The van der Waals surface area contributed by atoms with E-state index < -0.39 is 5.60 Å². The molecule has 1 heterocycles. The molecule has 1 nitrogen and oxygen atoms in total. The van der Waals surface area contributed by atoms with Gasteiger partial charge in [-0.25, -0.2) is 0 Å². The molecule has 1 aromatic rings. The lowest BCUT2D eigenvalue weighted by molar-refractivity contribution is 0.0869. The van der Waals surface area contributed by atoms with Gasteiger partial charge in [-0.05, 0) is 19.9 Å². The fourth-order valence-corrected chi connectivity index (χ4v) is 2.31. The smallest absolute Gasteiger partial charge is 0.124 e. The second kappa shape index (κ2) is 3.32. The third-order valence-corrected chi connectivity index (χ3v) is 3.90. The first-order valence-corrected chi connectivity index (χ1v) is 5.46. The maximum absolute atomic E-state index is 6.27. The van der Waals surface area contributed by atoms with Crippen LogP contribution in [-0.2, 0) is 0 Å². The summed E-state index contributed by atoms with van der Waals surface area (Å²) in [6.45, 7) is 3.91. The topological polar surface area (TPSA) is 9.23 Å². The fraction of sp³-hybridized carbons (Fsp3) is 0.455. The van der Waals surface area contributed by atoms with Crippen molar-refractivity contribution in [1.29, 1.82) is 0 Å². The number of ether oxygens (including phenoxy) is 1. The number of hydrogen-bond donors (Lipinski definition) is 0. The summed E-state index contributed by atoms with van der Waals surface area (Å²) < 4.78 is 5.79. The van der Waals surface area contributed by atoms with Crippen LogP contribution in [0, 0.1) is 0 Å².